The molecule has 10 nitrogen and oxygen atoms in total. The van der Waals surface area contributed by atoms with Crippen LogP contribution in [0, 0.1) is 0 Å². The number of aryl methyl sites for hydroxylation is 1. The Hall–Kier alpha value is -2.72. The molecule has 2 aromatic heterocycles. The quantitative estimate of drug-likeness (QED) is 0.591. The number of aromatic amines is 1. The number of carbonyl (C=O) groups is 1. The normalized spacial score (nSPS) is 15.2. The van der Waals surface area contributed by atoms with Gasteiger partial charge in [0, 0.05) is 19.8 Å². The summed E-state index contributed by atoms with van der Waals surface area (Å²) in [6.45, 7) is 0.520. The van der Waals surface area contributed by atoms with Crippen LogP contribution in [0.5, 0.6) is 0 Å². The number of H-pyrrole nitrogens is 1. The summed E-state index contributed by atoms with van der Waals surface area (Å²) in [5.41, 5.74) is -0.393. The van der Waals surface area contributed by atoms with Gasteiger partial charge in [0.15, 0.2) is 0 Å². The van der Waals surface area contributed by atoms with Crippen LogP contribution < -0.4 is 11.2 Å². The monoisotopic (exact) mass is 335 g/mol. The topological polar surface area (TPSA) is 133 Å². The second kappa shape index (κ2) is 6.06. The lowest BCUT2D eigenvalue weighted by Gasteiger charge is -2.27. The first-order valence-electron chi connectivity index (χ1n) is 7.35. The third-order valence-electron chi connectivity index (χ3n) is 3.96. The van der Waals surface area contributed by atoms with E-state index in [1.165, 1.54) is 18.1 Å². The summed E-state index contributed by atoms with van der Waals surface area (Å²) in [6, 6.07) is 1.62. The highest BCUT2D eigenvalue weighted by Crippen LogP contribution is 2.18. The molecular formula is C14H17N5O5. The van der Waals surface area contributed by atoms with Gasteiger partial charge in [0.25, 0.3) is 11.5 Å². The summed E-state index contributed by atoms with van der Waals surface area (Å²) >= 11 is 0. The third-order valence-corrected chi connectivity index (χ3v) is 3.96. The van der Waals surface area contributed by atoms with Crippen molar-refractivity contribution in [1.82, 2.24) is 24.2 Å². The molecule has 0 fully saturated rings. The molecule has 3 N–H and O–H groups in total. The van der Waals surface area contributed by atoms with Crippen LogP contribution in [0.15, 0.2) is 21.9 Å². The molecule has 0 bridgehead atoms. The van der Waals surface area contributed by atoms with Gasteiger partial charge in [0.1, 0.15) is 11.7 Å². The van der Waals surface area contributed by atoms with Crippen molar-refractivity contribution in [3.8, 4) is 0 Å². The SMILES string of the molecule is Cn1cc(C(=O)N2CCn3nc(C(O)CO)cc3C2)c(=O)[nH]c1=O. The standard InChI is InChI=1S/C14H17N5O5/c1-17-6-9(12(22)15-14(17)24)13(23)18-2-3-19-8(5-18)4-10(16-19)11(21)7-20/h4,6,11,20-21H,2-3,5,7H2,1H3,(H,15,22,24). The molecule has 0 saturated heterocycles. The van der Waals surface area contributed by atoms with Gasteiger partial charge in [-0.15, -0.1) is 0 Å². The van der Waals surface area contributed by atoms with Crippen LogP contribution in [0.1, 0.15) is 27.8 Å². The van der Waals surface area contributed by atoms with Crippen molar-refractivity contribution < 1.29 is 15.0 Å². The predicted molar refractivity (Wildman–Crippen MR) is 81.3 cm³/mol. The second-order valence-electron chi connectivity index (χ2n) is 5.62. The van der Waals surface area contributed by atoms with E-state index in [0.717, 1.165) is 4.57 Å². The molecule has 10 heteroatoms. The first-order valence-corrected chi connectivity index (χ1v) is 7.35. The molecule has 0 aliphatic carbocycles. The van der Waals surface area contributed by atoms with Crippen molar-refractivity contribution in [2.45, 2.75) is 19.2 Å². The van der Waals surface area contributed by atoms with Crippen LogP contribution >= 0.6 is 0 Å². The number of aromatic nitrogens is 4. The van der Waals surface area contributed by atoms with Crippen LogP contribution in [0.3, 0.4) is 0 Å². The molecular weight excluding hydrogens is 318 g/mol. The largest absolute Gasteiger partial charge is 0.393 e. The smallest absolute Gasteiger partial charge is 0.328 e. The predicted octanol–water partition coefficient (Wildman–Crippen LogP) is -2.05. The molecule has 0 spiro atoms. The van der Waals surface area contributed by atoms with Gasteiger partial charge < -0.3 is 19.7 Å². The summed E-state index contributed by atoms with van der Waals surface area (Å²) in [5.74, 6) is -0.483. The summed E-state index contributed by atoms with van der Waals surface area (Å²) in [4.78, 5) is 39.4. The molecule has 1 amide bonds. The van der Waals surface area contributed by atoms with Gasteiger partial charge in [0.05, 0.1) is 31.1 Å². The third kappa shape index (κ3) is 2.76. The first-order chi connectivity index (χ1) is 11.4. The van der Waals surface area contributed by atoms with Gasteiger partial charge in [-0.3, -0.25) is 19.3 Å². The number of carbonyl (C=O) groups excluding carboxylic acids is 1. The van der Waals surface area contributed by atoms with Crippen molar-refractivity contribution in [2.75, 3.05) is 13.2 Å². The zero-order chi connectivity index (χ0) is 17.4. The van der Waals surface area contributed by atoms with Crippen molar-refractivity contribution in [2.24, 2.45) is 7.05 Å². The average Bonchev–Trinajstić information content (AvgIpc) is 2.99. The maximum absolute atomic E-state index is 12.6. The second-order valence-corrected chi connectivity index (χ2v) is 5.62. The van der Waals surface area contributed by atoms with Crippen molar-refractivity contribution in [1.29, 1.82) is 0 Å². The maximum atomic E-state index is 12.6. The number of hydrogen-bond donors (Lipinski definition) is 3. The molecule has 24 heavy (non-hydrogen) atoms. The van der Waals surface area contributed by atoms with E-state index in [-0.39, 0.29) is 12.1 Å². The molecule has 0 saturated carbocycles. The Morgan fingerprint density at radius 3 is 2.88 bits per heavy atom. The highest BCUT2D eigenvalue weighted by atomic mass is 16.3. The van der Waals surface area contributed by atoms with Crippen molar-refractivity contribution in [3.63, 3.8) is 0 Å². The van der Waals surface area contributed by atoms with Crippen LogP contribution in [-0.4, -0.2) is 53.5 Å². The van der Waals surface area contributed by atoms with Gasteiger partial charge in [-0.2, -0.15) is 5.10 Å². The molecule has 1 unspecified atom stereocenters. The minimum Gasteiger partial charge on any atom is -0.393 e. The molecule has 2 aromatic rings. The molecule has 3 rings (SSSR count). The highest BCUT2D eigenvalue weighted by molar-refractivity contribution is 5.93. The van der Waals surface area contributed by atoms with E-state index in [1.807, 2.05) is 0 Å². The van der Waals surface area contributed by atoms with Gasteiger partial charge in [-0.25, -0.2) is 4.79 Å². The Labute approximate surface area is 135 Å². The Morgan fingerprint density at radius 1 is 1.42 bits per heavy atom. The Morgan fingerprint density at radius 2 is 2.17 bits per heavy atom. The number of hydrogen-bond acceptors (Lipinski definition) is 6. The minimum atomic E-state index is -1.07. The van der Waals surface area contributed by atoms with Crippen LogP contribution in [0.4, 0.5) is 0 Å². The summed E-state index contributed by atoms with van der Waals surface area (Å²) < 4.78 is 2.79. The van der Waals surface area contributed by atoms with Crippen LogP contribution in [0.25, 0.3) is 0 Å². The van der Waals surface area contributed by atoms with E-state index in [4.69, 9.17) is 5.11 Å². The lowest BCUT2D eigenvalue weighted by Crippen LogP contribution is -2.42. The lowest BCUT2D eigenvalue weighted by atomic mass is 10.2. The molecule has 1 atom stereocenters. The molecule has 3 heterocycles. The first kappa shape index (κ1) is 16.1. The lowest BCUT2D eigenvalue weighted by molar-refractivity contribution is 0.0701. The minimum absolute atomic E-state index is 0.110. The molecule has 0 radical (unpaired) electrons. The van der Waals surface area contributed by atoms with E-state index < -0.39 is 29.9 Å². The van der Waals surface area contributed by atoms with Crippen LogP contribution in [-0.2, 0) is 20.1 Å². The molecule has 1 aliphatic rings. The number of amides is 1. The number of rotatable bonds is 3. The van der Waals surface area contributed by atoms with Crippen molar-refractivity contribution in [3.05, 3.63) is 50.1 Å². The molecule has 1 aliphatic heterocycles. The van der Waals surface area contributed by atoms with E-state index in [2.05, 4.69) is 10.1 Å². The van der Waals surface area contributed by atoms with E-state index in [0.29, 0.717) is 24.5 Å². The van der Waals surface area contributed by atoms with Gasteiger partial charge >= 0.3 is 5.69 Å². The average molecular weight is 335 g/mol. The fourth-order valence-electron chi connectivity index (χ4n) is 2.60. The summed E-state index contributed by atoms with van der Waals surface area (Å²) in [6.07, 6.45) is 0.148. The van der Waals surface area contributed by atoms with Gasteiger partial charge in [0.2, 0.25) is 0 Å². The van der Waals surface area contributed by atoms with E-state index >= 15 is 0 Å². The maximum Gasteiger partial charge on any atom is 0.328 e. The van der Waals surface area contributed by atoms with Crippen LogP contribution in [0.2, 0.25) is 0 Å². The van der Waals surface area contributed by atoms with Gasteiger partial charge in [-0.1, -0.05) is 0 Å². The number of nitrogens with one attached hydrogen (secondary N) is 1. The zero-order valence-corrected chi connectivity index (χ0v) is 13.0. The number of fused-ring (bicyclic) bond motifs is 1. The number of aliphatic hydroxyl groups excluding tert-OH is 2. The highest BCUT2D eigenvalue weighted by Gasteiger charge is 2.26. The summed E-state index contributed by atoms with van der Waals surface area (Å²) in [5, 5.41) is 22.8. The summed E-state index contributed by atoms with van der Waals surface area (Å²) in [7, 11) is 1.45. The number of nitrogens with zero attached hydrogens (tertiary/aromatic N) is 4. The Kier molecular flexibility index (Phi) is 4.08. The fourth-order valence-corrected chi connectivity index (χ4v) is 2.60. The fraction of sp³-hybridized carbons (Fsp3) is 0.429. The zero-order valence-electron chi connectivity index (χ0n) is 13.0. The van der Waals surface area contributed by atoms with Gasteiger partial charge in [-0.05, 0) is 6.07 Å². The van der Waals surface area contributed by atoms with E-state index in [9.17, 15) is 19.5 Å². The molecule has 128 valence electrons. The number of aliphatic hydroxyl groups is 2. The Bertz CT molecular complexity index is 896. The Balaban J connectivity index is 1.86. The molecule has 0 aromatic carbocycles. The van der Waals surface area contributed by atoms with E-state index in [1.54, 1.807) is 10.7 Å². The van der Waals surface area contributed by atoms with Crippen molar-refractivity contribution >= 4 is 5.91 Å².